The standard InChI is InChI=1S/C16H16ClNO3/c1-7-5-11(17)18-6-8(7)12-15(19)13-9-3-4-10(21-9)14(13)16(12)20-2/h5-6,9-10,13-14H,3-4H2,1-2H3/t9-,10+,13-,14+/m1/s1. The molecule has 2 aliphatic heterocycles. The highest BCUT2D eigenvalue weighted by Crippen LogP contribution is 2.54. The second kappa shape index (κ2) is 4.55. The van der Waals surface area contributed by atoms with Crippen LogP contribution in [0.2, 0.25) is 5.15 Å². The summed E-state index contributed by atoms with van der Waals surface area (Å²) in [6, 6.07) is 1.78. The van der Waals surface area contributed by atoms with Gasteiger partial charge in [0, 0.05) is 11.8 Å². The van der Waals surface area contributed by atoms with Gasteiger partial charge in [0.15, 0.2) is 5.78 Å². The number of pyridine rings is 1. The highest BCUT2D eigenvalue weighted by atomic mass is 35.5. The largest absolute Gasteiger partial charge is 0.500 e. The number of fused-ring (bicyclic) bond motifs is 5. The van der Waals surface area contributed by atoms with E-state index in [1.165, 1.54) is 0 Å². The first-order chi connectivity index (χ1) is 10.1. The van der Waals surface area contributed by atoms with E-state index >= 15 is 0 Å². The van der Waals surface area contributed by atoms with E-state index in [-0.39, 0.29) is 29.8 Å². The number of rotatable bonds is 2. The molecule has 0 saturated carbocycles. The van der Waals surface area contributed by atoms with E-state index in [9.17, 15) is 4.79 Å². The number of hydrogen-bond acceptors (Lipinski definition) is 4. The van der Waals surface area contributed by atoms with Gasteiger partial charge in [0.05, 0.1) is 36.7 Å². The normalized spacial score (nSPS) is 33.8. The first-order valence-electron chi connectivity index (χ1n) is 7.22. The molecule has 21 heavy (non-hydrogen) atoms. The minimum Gasteiger partial charge on any atom is -0.500 e. The molecular weight excluding hydrogens is 290 g/mol. The van der Waals surface area contributed by atoms with Crippen LogP contribution in [0.25, 0.3) is 5.57 Å². The fourth-order valence-corrected chi connectivity index (χ4v) is 4.30. The maximum absolute atomic E-state index is 12.9. The minimum absolute atomic E-state index is 0.0516. The van der Waals surface area contributed by atoms with Gasteiger partial charge in [-0.15, -0.1) is 0 Å². The van der Waals surface area contributed by atoms with Crippen LogP contribution in [0.5, 0.6) is 0 Å². The Balaban J connectivity index is 1.86. The number of carbonyl (C=O) groups excluding carboxylic acids is 1. The van der Waals surface area contributed by atoms with Crippen LogP contribution in [0.4, 0.5) is 0 Å². The fraction of sp³-hybridized carbons (Fsp3) is 0.500. The molecule has 4 atom stereocenters. The lowest BCUT2D eigenvalue weighted by Gasteiger charge is -2.21. The van der Waals surface area contributed by atoms with E-state index in [0.29, 0.717) is 10.7 Å². The zero-order chi connectivity index (χ0) is 14.7. The Kier molecular flexibility index (Phi) is 2.88. The molecule has 1 aromatic rings. The SMILES string of the molecule is COC1=C(c2cnc(Cl)cc2C)C(=O)[C@H]2[C@@H]1[C@@H]1CC[C@H]2O1. The second-order valence-corrected chi connectivity index (χ2v) is 6.36. The Bertz CT molecular complexity index is 669. The van der Waals surface area contributed by atoms with Crippen molar-refractivity contribution in [3.8, 4) is 0 Å². The van der Waals surface area contributed by atoms with Gasteiger partial charge in [-0.1, -0.05) is 11.6 Å². The van der Waals surface area contributed by atoms with Gasteiger partial charge >= 0.3 is 0 Å². The fourth-order valence-electron chi connectivity index (χ4n) is 4.09. The van der Waals surface area contributed by atoms with Crippen molar-refractivity contribution in [3.63, 3.8) is 0 Å². The predicted molar refractivity (Wildman–Crippen MR) is 77.8 cm³/mol. The number of carbonyl (C=O) groups is 1. The minimum atomic E-state index is -0.0798. The van der Waals surface area contributed by atoms with Crippen LogP contribution in [-0.4, -0.2) is 30.1 Å². The molecule has 4 nitrogen and oxygen atoms in total. The summed E-state index contributed by atoms with van der Waals surface area (Å²) >= 11 is 5.92. The maximum Gasteiger partial charge on any atom is 0.173 e. The second-order valence-electron chi connectivity index (χ2n) is 5.97. The Hall–Kier alpha value is -1.39. The van der Waals surface area contributed by atoms with Gasteiger partial charge in [-0.25, -0.2) is 4.98 Å². The number of allylic oxidation sites excluding steroid dienone is 1. The van der Waals surface area contributed by atoms with Crippen molar-refractivity contribution in [2.24, 2.45) is 11.8 Å². The molecule has 3 heterocycles. The van der Waals surface area contributed by atoms with Crippen molar-refractivity contribution in [1.82, 2.24) is 4.98 Å². The van der Waals surface area contributed by atoms with Gasteiger partial charge in [-0.05, 0) is 31.4 Å². The van der Waals surface area contributed by atoms with Crippen molar-refractivity contribution in [1.29, 1.82) is 0 Å². The average molecular weight is 306 g/mol. The van der Waals surface area contributed by atoms with E-state index in [1.807, 2.05) is 6.92 Å². The molecule has 5 heteroatoms. The van der Waals surface area contributed by atoms with Gasteiger partial charge < -0.3 is 9.47 Å². The summed E-state index contributed by atoms with van der Waals surface area (Å²) < 4.78 is 11.5. The third kappa shape index (κ3) is 1.72. The molecule has 1 aliphatic carbocycles. The van der Waals surface area contributed by atoms with E-state index in [2.05, 4.69) is 4.98 Å². The van der Waals surface area contributed by atoms with Gasteiger partial charge in [-0.3, -0.25) is 4.79 Å². The predicted octanol–water partition coefficient (Wildman–Crippen LogP) is 2.78. The van der Waals surface area contributed by atoms with Gasteiger partial charge in [-0.2, -0.15) is 0 Å². The molecule has 0 unspecified atom stereocenters. The number of aryl methyl sites for hydroxylation is 1. The summed E-state index contributed by atoms with van der Waals surface area (Å²) in [5.41, 5.74) is 2.45. The molecule has 0 radical (unpaired) electrons. The Morgan fingerprint density at radius 2 is 2.05 bits per heavy atom. The molecule has 0 spiro atoms. The molecule has 2 bridgehead atoms. The highest BCUT2D eigenvalue weighted by molar-refractivity contribution is 6.30. The third-order valence-electron chi connectivity index (χ3n) is 4.94. The van der Waals surface area contributed by atoms with Crippen molar-refractivity contribution >= 4 is 23.0 Å². The van der Waals surface area contributed by atoms with Crippen LogP contribution < -0.4 is 0 Å². The van der Waals surface area contributed by atoms with Gasteiger partial charge in [0.1, 0.15) is 10.9 Å². The summed E-state index contributed by atoms with van der Waals surface area (Å²) in [6.45, 7) is 1.94. The van der Waals surface area contributed by atoms with Crippen molar-refractivity contribution in [2.75, 3.05) is 7.11 Å². The van der Waals surface area contributed by atoms with Crippen LogP contribution in [0, 0.1) is 18.8 Å². The molecule has 0 aromatic carbocycles. The lowest BCUT2D eigenvalue weighted by Crippen LogP contribution is -2.29. The monoisotopic (exact) mass is 305 g/mol. The molecule has 110 valence electrons. The number of hydrogen-bond donors (Lipinski definition) is 0. The summed E-state index contributed by atoms with van der Waals surface area (Å²) in [5, 5.41) is 0.435. The topological polar surface area (TPSA) is 48.4 Å². The van der Waals surface area contributed by atoms with E-state index in [1.54, 1.807) is 19.4 Å². The molecule has 2 fully saturated rings. The average Bonchev–Trinajstić information content (AvgIpc) is 3.11. The molecule has 0 N–H and O–H groups in total. The Morgan fingerprint density at radius 1 is 1.33 bits per heavy atom. The van der Waals surface area contributed by atoms with Crippen molar-refractivity contribution in [3.05, 3.63) is 34.3 Å². The molecule has 3 aliphatic rings. The summed E-state index contributed by atoms with van der Waals surface area (Å²) in [6.07, 6.45) is 3.83. The van der Waals surface area contributed by atoms with Gasteiger partial charge in [0.25, 0.3) is 0 Å². The number of nitrogens with zero attached hydrogens (tertiary/aromatic N) is 1. The summed E-state index contributed by atoms with van der Waals surface area (Å²) in [7, 11) is 1.63. The number of aromatic nitrogens is 1. The van der Waals surface area contributed by atoms with E-state index in [0.717, 1.165) is 29.7 Å². The molecule has 4 rings (SSSR count). The first-order valence-corrected chi connectivity index (χ1v) is 7.60. The molecule has 0 amide bonds. The summed E-state index contributed by atoms with van der Waals surface area (Å²) in [5.74, 6) is 0.899. The zero-order valence-electron chi connectivity index (χ0n) is 11.9. The van der Waals surface area contributed by atoms with E-state index in [4.69, 9.17) is 21.1 Å². The van der Waals surface area contributed by atoms with Crippen molar-refractivity contribution in [2.45, 2.75) is 32.0 Å². The summed E-state index contributed by atoms with van der Waals surface area (Å²) in [4.78, 5) is 17.0. The van der Waals surface area contributed by atoms with Crippen LogP contribution in [0.15, 0.2) is 18.0 Å². The smallest absolute Gasteiger partial charge is 0.173 e. The molecule has 2 saturated heterocycles. The maximum atomic E-state index is 12.9. The van der Waals surface area contributed by atoms with Crippen LogP contribution in [0.3, 0.4) is 0 Å². The number of ether oxygens (including phenoxy) is 2. The Morgan fingerprint density at radius 3 is 2.71 bits per heavy atom. The molecular formula is C16H16ClNO3. The third-order valence-corrected chi connectivity index (χ3v) is 5.14. The van der Waals surface area contributed by atoms with Crippen LogP contribution in [-0.2, 0) is 14.3 Å². The Labute approximate surface area is 128 Å². The highest BCUT2D eigenvalue weighted by Gasteiger charge is 2.59. The number of ketones is 1. The number of halogens is 1. The molecule has 1 aromatic heterocycles. The van der Waals surface area contributed by atoms with Crippen molar-refractivity contribution < 1.29 is 14.3 Å². The lowest BCUT2D eigenvalue weighted by atomic mass is 9.80. The van der Waals surface area contributed by atoms with Gasteiger partial charge in [0.2, 0.25) is 0 Å². The quantitative estimate of drug-likeness (QED) is 0.788. The lowest BCUT2D eigenvalue weighted by molar-refractivity contribution is -0.118. The van der Waals surface area contributed by atoms with Crippen LogP contribution in [0.1, 0.15) is 24.0 Å². The number of Topliss-reactive ketones (excluding diaryl/α,β-unsaturated/α-hetero) is 1. The van der Waals surface area contributed by atoms with Crippen LogP contribution >= 0.6 is 11.6 Å². The first kappa shape index (κ1) is 13.3. The van der Waals surface area contributed by atoms with E-state index < -0.39 is 0 Å². The zero-order valence-corrected chi connectivity index (χ0v) is 12.7. The number of methoxy groups -OCH3 is 1.